The van der Waals surface area contributed by atoms with Crippen molar-refractivity contribution < 1.29 is 4.42 Å². The Morgan fingerprint density at radius 1 is 0.508 bits per heavy atom. The average molecular weight is 817 g/mol. The number of furan rings is 1. The van der Waals surface area contributed by atoms with Gasteiger partial charge >= 0.3 is 0 Å². The second-order valence-electron chi connectivity index (χ2n) is 20.9. The first-order valence-corrected chi connectivity index (χ1v) is 22.8. The van der Waals surface area contributed by atoms with E-state index in [1.807, 2.05) is 17.4 Å². The molecule has 2 aromatic heterocycles. The van der Waals surface area contributed by atoms with Gasteiger partial charge in [-0.1, -0.05) is 123 Å². The summed E-state index contributed by atoms with van der Waals surface area (Å²) >= 11 is 1.95. The van der Waals surface area contributed by atoms with E-state index in [2.05, 4.69) is 203 Å². The predicted octanol–water partition coefficient (Wildman–Crippen LogP) is 14.5. The fourth-order valence-corrected chi connectivity index (χ4v) is 11.4. The molecule has 0 saturated carbocycles. The van der Waals surface area contributed by atoms with Crippen LogP contribution in [0.3, 0.4) is 0 Å². The molecule has 306 valence electrons. The number of thiophene rings is 1. The van der Waals surface area contributed by atoms with Crippen LogP contribution in [0.5, 0.6) is 0 Å². The Balaban J connectivity index is 1.29. The van der Waals surface area contributed by atoms with Gasteiger partial charge in [-0.15, -0.1) is 11.3 Å². The zero-order chi connectivity index (χ0) is 43.1. The molecule has 0 atom stereocenters. The molecule has 0 saturated heterocycles. The van der Waals surface area contributed by atoms with Gasteiger partial charge in [0.15, 0.2) is 0 Å². The smallest absolute Gasteiger partial charge is 0.254 e. The molecule has 0 amide bonds. The average Bonchev–Trinajstić information content (AvgIpc) is 3.79. The van der Waals surface area contributed by atoms with Crippen molar-refractivity contribution in [1.29, 1.82) is 0 Å². The van der Waals surface area contributed by atoms with E-state index in [0.717, 1.165) is 22.3 Å². The van der Waals surface area contributed by atoms with Crippen LogP contribution in [0.1, 0.15) is 101 Å². The van der Waals surface area contributed by atoms with E-state index in [9.17, 15) is 0 Å². The highest BCUT2D eigenvalue weighted by Crippen LogP contribution is 2.51. The minimum atomic E-state index is -0.0254. The number of hydrogen-bond donors (Lipinski definition) is 0. The molecular formula is C56H57BN2OS. The molecular weight excluding hydrogens is 760 g/mol. The van der Waals surface area contributed by atoms with Crippen LogP contribution in [-0.4, -0.2) is 6.71 Å². The van der Waals surface area contributed by atoms with Crippen LogP contribution in [0.25, 0.3) is 32.4 Å². The lowest BCUT2D eigenvalue weighted by Gasteiger charge is -2.44. The van der Waals surface area contributed by atoms with Gasteiger partial charge < -0.3 is 14.2 Å². The Labute approximate surface area is 367 Å². The van der Waals surface area contributed by atoms with Gasteiger partial charge in [-0.05, 0) is 153 Å². The minimum absolute atomic E-state index is 0.0145. The Morgan fingerprint density at radius 3 is 1.72 bits per heavy atom. The summed E-state index contributed by atoms with van der Waals surface area (Å²) < 4.78 is 7.77. The van der Waals surface area contributed by atoms with Crippen LogP contribution >= 0.6 is 11.3 Å². The molecule has 4 heterocycles. The molecule has 0 unspecified atom stereocenters. The molecule has 0 bridgehead atoms. The van der Waals surface area contributed by atoms with Crippen molar-refractivity contribution in [3.8, 4) is 11.3 Å². The molecule has 2 aliphatic rings. The molecule has 3 nitrogen and oxygen atoms in total. The van der Waals surface area contributed by atoms with Crippen molar-refractivity contribution in [1.82, 2.24) is 0 Å². The van der Waals surface area contributed by atoms with E-state index in [1.165, 1.54) is 98.9 Å². The summed E-state index contributed by atoms with van der Waals surface area (Å²) in [4.78, 5) is 5.23. The van der Waals surface area contributed by atoms with Crippen molar-refractivity contribution in [3.63, 3.8) is 0 Å². The SMILES string of the molecule is Cc1cc(-c2cc3ccccc3o2)cc(C)c1N1c2ccc(C(C)(C)C)cc2B2c3c1cccc3N(c1c(C)cc(C(C)(C)C)cc1C)c1sc3ccc(C(C)(C)C)cc3c12. The summed E-state index contributed by atoms with van der Waals surface area (Å²) in [6, 6.07) is 41.6. The lowest BCUT2D eigenvalue weighted by Crippen LogP contribution is -2.61. The van der Waals surface area contributed by atoms with E-state index in [4.69, 9.17) is 4.42 Å². The number of hydrogen-bond acceptors (Lipinski definition) is 4. The van der Waals surface area contributed by atoms with Crippen LogP contribution in [0, 0.1) is 27.7 Å². The zero-order valence-corrected chi connectivity index (χ0v) is 39.0. The topological polar surface area (TPSA) is 19.6 Å². The van der Waals surface area contributed by atoms with Gasteiger partial charge in [0.25, 0.3) is 6.71 Å². The third-order valence-corrected chi connectivity index (χ3v) is 14.5. The van der Waals surface area contributed by atoms with Crippen LogP contribution in [-0.2, 0) is 16.2 Å². The van der Waals surface area contributed by atoms with Crippen LogP contribution in [0.2, 0.25) is 0 Å². The molecule has 0 radical (unpaired) electrons. The van der Waals surface area contributed by atoms with Gasteiger partial charge in [-0.2, -0.15) is 0 Å². The molecule has 61 heavy (non-hydrogen) atoms. The lowest BCUT2D eigenvalue weighted by atomic mass is 9.33. The van der Waals surface area contributed by atoms with Gasteiger partial charge in [-0.3, -0.25) is 0 Å². The monoisotopic (exact) mass is 816 g/mol. The highest BCUT2D eigenvalue weighted by atomic mass is 32.1. The lowest BCUT2D eigenvalue weighted by molar-refractivity contribution is 0.589. The van der Waals surface area contributed by atoms with Gasteiger partial charge in [-0.25, -0.2) is 0 Å². The first-order chi connectivity index (χ1) is 28.8. The minimum Gasteiger partial charge on any atom is -0.456 e. The molecule has 10 rings (SSSR count). The second kappa shape index (κ2) is 13.5. The summed E-state index contributed by atoms with van der Waals surface area (Å²) in [6.45, 7) is 30.2. The maximum Gasteiger partial charge on any atom is 0.254 e. The second-order valence-corrected chi connectivity index (χ2v) is 22.0. The molecule has 0 N–H and O–H groups in total. The first-order valence-electron chi connectivity index (χ1n) is 22.0. The zero-order valence-electron chi connectivity index (χ0n) is 38.2. The van der Waals surface area contributed by atoms with Crippen molar-refractivity contribution in [2.75, 3.05) is 9.80 Å². The number of nitrogens with zero attached hydrogens (tertiary/aromatic N) is 2. The Hall–Kier alpha value is -5.52. The number of benzene rings is 6. The number of fused-ring (bicyclic) bond motifs is 7. The third kappa shape index (κ3) is 6.21. The summed E-state index contributed by atoms with van der Waals surface area (Å²) in [5, 5.41) is 3.82. The normalized spacial score (nSPS) is 13.9. The van der Waals surface area contributed by atoms with Crippen LogP contribution < -0.4 is 26.2 Å². The number of para-hydroxylation sites is 1. The van der Waals surface area contributed by atoms with E-state index >= 15 is 0 Å². The Bertz CT molecular complexity index is 3030. The largest absolute Gasteiger partial charge is 0.456 e. The summed E-state index contributed by atoms with van der Waals surface area (Å²) in [6.07, 6.45) is 0. The van der Waals surface area contributed by atoms with Crippen LogP contribution in [0.15, 0.2) is 114 Å². The maximum atomic E-state index is 6.43. The molecule has 0 aliphatic carbocycles. The highest BCUT2D eigenvalue weighted by Gasteiger charge is 2.46. The maximum absolute atomic E-state index is 6.43. The molecule has 8 aromatic rings. The highest BCUT2D eigenvalue weighted by molar-refractivity contribution is 7.26. The Kier molecular flexibility index (Phi) is 8.76. The number of aryl methyl sites for hydroxylation is 4. The summed E-state index contributed by atoms with van der Waals surface area (Å²) in [5.41, 5.74) is 21.6. The van der Waals surface area contributed by atoms with Crippen molar-refractivity contribution in [2.24, 2.45) is 0 Å². The van der Waals surface area contributed by atoms with Gasteiger partial charge in [0.05, 0.1) is 16.4 Å². The first kappa shape index (κ1) is 39.6. The van der Waals surface area contributed by atoms with E-state index in [-0.39, 0.29) is 23.0 Å². The predicted molar refractivity (Wildman–Crippen MR) is 266 cm³/mol. The van der Waals surface area contributed by atoms with E-state index < -0.39 is 0 Å². The molecule has 0 fully saturated rings. The summed E-state index contributed by atoms with van der Waals surface area (Å²) in [7, 11) is 0. The van der Waals surface area contributed by atoms with Crippen molar-refractivity contribution in [2.45, 2.75) is 106 Å². The van der Waals surface area contributed by atoms with Gasteiger partial charge in [0, 0.05) is 32.7 Å². The molecule has 0 spiro atoms. The number of anilines is 6. The van der Waals surface area contributed by atoms with Gasteiger partial charge in [0.2, 0.25) is 0 Å². The quantitative estimate of drug-likeness (QED) is 0.166. The Morgan fingerprint density at radius 2 is 1.08 bits per heavy atom. The van der Waals surface area contributed by atoms with E-state index in [0.29, 0.717) is 0 Å². The summed E-state index contributed by atoms with van der Waals surface area (Å²) in [5.74, 6) is 0.898. The fraction of sp³-hybridized carbons (Fsp3) is 0.286. The fourth-order valence-electron chi connectivity index (χ4n) is 10.2. The molecule has 2 aliphatic heterocycles. The standard InChI is InChI=1S/C56H57BN2OS/c1-32-25-37(47-29-36-17-14-15-20-46(36)60-47)26-33(2)51(32)58-43-23-21-39(55(8,9)10)31-42(43)57-49-41-30-38(54(5,6)7)22-24-48(41)61-53(49)59(45-19-16-18-44(58)50(45)57)52-34(3)27-40(28-35(52)4)56(11,12)13/h14-31H,1-13H3. The van der Waals surface area contributed by atoms with Crippen molar-refractivity contribution >= 4 is 88.9 Å². The number of rotatable bonds is 3. The van der Waals surface area contributed by atoms with Gasteiger partial charge in [0.1, 0.15) is 11.3 Å². The van der Waals surface area contributed by atoms with E-state index in [1.54, 1.807) is 0 Å². The van der Waals surface area contributed by atoms with Crippen molar-refractivity contribution in [3.05, 3.63) is 148 Å². The third-order valence-electron chi connectivity index (χ3n) is 13.3. The molecule has 5 heteroatoms. The van der Waals surface area contributed by atoms with Crippen LogP contribution in [0.4, 0.5) is 33.4 Å². The molecule has 6 aromatic carbocycles.